The van der Waals surface area contributed by atoms with Crippen molar-refractivity contribution in [2.75, 3.05) is 0 Å². The highest BCUT2D eigenvalue weighted by Gasteiger charge is 2.46. The first-order valence-electron chi connectivity index (χ1n) is 10.5. The van der Waals surface area contributed by atoms with Crippen LogP contribution in [0.1, 0.15) is 59.8 Å². The lowest BCUT2D eigenvalue weighted by atomic mass is 9.86. The molecule has 0 saturated carbocycles. The maximum absolute atomic E-state index is 13.5. The topological polar surface area (TPSA) is 67.8 Å². The molecule has 7 nitrogen and oxygen atoms in total. The maximum Gasteiger partial charge on any atom is 0.280 e. The van der Waals surface area contributed by atoms with Gasteiger partial charge in [0, 0.05) is 35.9 Å². The summed E-state index contributed by atoms with van der Waals surface area (Å²) in [4.78, 5) is 23.5. The second kappa shape index (κ2) is 6.83. The molecule has 3 atom stereocenters. The first-order chi connectivity index (χ1) is 15.1. The summed E-state index contributed by atoms with van der Waals surface area (Å²) in [6.07, 6.45) is 5.84. The fourth-order valence-corrected chi connectivity index (χ4v) is 5.36. The minimum absolute atomic E-state index is 0.00854. The van der Waals surface area contributed by atoms with Gasteiger partial charge in [-0.25, -0.2) is 18.3 Å². The van der Waals surface area contributed by atoms with Crippen LogP contribution in [0, 0.1) is 0 Å². The van der Waals surface area contributed by atoms with Gasteiger partial charge in [-0.1, -0.05) is 0 Å². The largest absolute Gasteiger partial charge is 0.332 e. The molecule has 2 bridgehead atoms. The van der Waals surface area contributed by atoms with Gasteiger partial charge >= 0.3 is 0 Å². The Morgan fingerprint density at radius 2 is 2.00 bits per heavy atom. The molecule has 31 heavy (non-hydrogen) atoms. The van der Waals surface area contributed by atoms with E-state index < -0.39 is 6.43 Å². The molecule has 2 fully saturated rings. The number of pyridine rings is 1. The van der Waals surface area contributed by atoms with Crippen LogP contribution >= 0.6 is 0 Å². The van der Waals surface area contributed by atoms with E-state index in [2.05, 4.69) is 15.1 Å². The van der Waals surface area contributed by atoms with Gasteiger partial charge in [0.15, 0.2) is 0 Å². The van der Waals surface area contributed by atoms with Crippen molar-refractivity contribution in [2.24, 2.45) is 0 Å². The Hall–Kier alpha value is -3.36. The summed E-state index contributed by atoms with van der Waals surface area (Å²) >= 11 is 0. The van der Waals surface area contributed by atoms with E-state index in [1.807, 2.05) is 46.0 Å². The van der Waals surface area contributed by atoms with E-state index >= 15 is 0 Å². The van der Waals surface area contributed by atoms with Crippen molar-refractivity contribution < 1.29 is 13.6 Å². The quantitative estimate of drug-likeness (QED) is 0.503. The molecule has 0 aromatic carbocycles. The Kier molecular flexibility index (Phi) is 4.06. The predicted octanol–water partition coefficient (Wildman–Crippen LogP) is 3.87. The van der Waals surface area contributed by atoms with E-state index in [1.165, 1.54) is 12.4 Å². The molecule has 2 aliphatic rings. The normalized spacial score (nSPS) is 23.3. The molecule has 9 heteroatoms. The number of hydrogen-bond acceptors (Lipinski definition) is 4. The molecule has 2 saturated heterocycles. The zero-order chi connectivity index (χ0) is 21.1. The number of aromatic nitrogens is 5. The third-order valence-corrected chi connectivity index (χ3v) is 6.73. The number of carbonyl (C=O) groups is 1. The van der Waals surface area contributed by atoms with Gasteiger partial charge in [-0.05, 0) is 56.0 Å². The number of rotatable bonds is 3. The molecular formula is C22H20F2N6O. The molecule has 4 aromatic heterocycles. The van der Waals surface area contributed by atoms with E-state index in [4.69, 9.17) is 0 Å². The zero-order valence-corrected chi connectivity index (χ0v) is 16.6. The highest BCUT2D eigenvalue weighted by atomic mass is 19.3. The molecule has 4 aromatic rings. The molecule has 6 heterocycles. The molecule has 0 spiro atoms. The van der Waals surface area contributed by atoms with E-state index in [0.717, 1.165) is 31.2 Å². The van der Waals surface area contributed by atoms with E-state index in [-0.39, 0.29) is 35.4 Å². The number of fused-ring (bicyclic) bond motifs is 4. The van der Waals surface area contributed by atoms with E-state index in [9.17, 15) is 13.6 Å². The number of alkyl halides is 2. The van der Waals surface area contributed by atoms with Crippen molar-refractivity contribution in [3.8, 4) is 0 Å². The van der Waals surface area contributed by atoms with Crippen molar-refractivity contribution in [2.45, 2.75) is 50.1 Å². The van der Waals surface area contributed by atoms with Gasteiger partial charge in [-0.3, -0.25) is 4.79 Å². The van der Waals surface area contributed by atoms with E-state index in [1.54, 1.807) is 4.52 Å². The Labute approximate surface area is 176 Å². The van der Waals surface area contributed by atoms with E-state index in [0.29, 0.717) is 11.3 Å². The lowest BCUT2D eigenvalue weighted by molar-refractivity contribution is 0.0553. The Balaban J connectivity index is 1.40. The second-order valence-electron chi connectivity index (χ2n) is 8.33. The summed E-state index contributed by atoms with van der Waals surface area (Å²) < 4.78 is 30.4. The molecule has 0 aliphatic carbocycles. The molecule has 0 N–H and O–H groups in total. The fourth-order valence-electron chi connectivity index (χ4n) is 5.36. The molecular weight excluding hydrogens is 402 g/mol. The average Bonchev–Trinajstić information content (AvgIpc) is 3.50. The van der Waals surface area contributed by atoms with Gasteiger partial charge in [0.1, 0.15) is 12.0 Å². The van der Waals surface area contributed by atoms with Crippen molar-refractivity contribution in [3.63, 3.8) is 0 Å². The van der Waals surface area contributed by atoms with Crippen LogP contribution in [0.25, 0.3) is 11.3 Å². The Bertz CT molecular complexity index is 1300. The average molecular weight is 422 g/mol. The number of hydrogen-bond donors (Lipinski definition) is 0. The third-order valence-electron chi connectivity index (χ3n) is 6.73. The second-order valence-corrected chi connectivity index (χ2v) is 8.33. The zero-order valence-electron chi connectivity index (χ0n) is 16.6. The monoisotopic (exact) mass is 422 g/mol. The lowest BCUT2D eigenvalue weighted by Crippen LogP contribution is -2.47. The van der Waals surface area contributed by atoms with Crippen LogP contribution in [0.15, 0.2) is 49.1 Å². The summed E-state index contributed by atoms with van der Waals surface area (Å²) in [5.74, 6) is 0.0670. The highest BCUT2D eigenvalue weighted by Crippen LogP contribution is 2.45. The predicted molar refractivity (Wildman–Crippen MR) is 108 cm³/mol. The van der Waals surface area contributed by atoms with Crippen LogP contribution in [0.3, 0.4) is 0 Å². The fraction of sp³-hybridized carbons (Fsp3) is 0.364. The van der Waals surface area contributed by atoms with Gasteiger partial charge < -0.3 is 9.30 Å². The van der Waals surface area contributed by atoms with Crippen LogP contribution in [-0.2, 0) is 0 Å². The summed E-state index contributed by atoms with van der Waals surface area (Å²) in [6.45, 7) is 0. The minimum Gasteiger partial charge on any atom is -0.332 e. The molecule has 158 valence electrons. The standard InChI is InChI=1S/C22H20F2N6O/c23-20(24)17-10-19(30-22(27-17)25-12-26-30)16-7-5-15-6-8-18(16)29(15)21(31)13-3-4-14-2-1-9-28(14)11-13/h1-4,9-12,15-16,18,20H,5-8H2/t15-,16-,18-/m0/s1. The molecule has 0 radical (unpaired) electrons. The van der Waals surface area contributed by atoms with Gasteiger partial charge in [0.05, 0.1) is 11.3 Å². The first-order valence-corrected chi connectivity index (χ1v) is 10.5. The Morgan fingerprint density at radius 3 is 2.87 bits per heavy atom. The molecule has 2 aliphatic heterocycles. The highest BCUT2D eigenvalue weighted by molar-refractivity contribution is 5.95. The van der Waals surface area contributed by atoms with Crippen LogP contribution < -0.4 is 0 Å². The first kappa shape index (κ1) is 18.4. The number of carbonyl (C=O) groups excluding carboxylic acids is 1. The summed E-state index contributed by atoms with van der Waals surface area (Å²) in [6, 6.07) is 9.28. The van der Waals surface area contributed by atoms with Gasteiger partial charge in [0.25, 0.3) is 18.1 Å². The van der Waals surface area contributed by atoms with Crippen LogP contribution in [0.4, 0.5) is 8.78 Å². The number of piperidine rings is 1. The summed E-state index contributed by atoms with van der Waals surface area (Å²) in [7, 11) is 0. The van der Waals surface area contributed by atoms with Gasteiger partial charge in [-0.15, -0.1) is 0 Å². The summed E-state index contributed by atoms with van der Waals surface area (Å²) in [5.41, 5.74) is 2.02. The smallest absolute Gasteiger partial charge is 0.280 e. The Morgan fingerprint density at radius 1 is 1.13 bits per heavy atom. The van der Waals surface area contributed by atoms with Gasteiger partial charge in [0.2, 0.25) is 0 Å². The minimum atomic E-state index is -2.69. The number of amides is 1. The number of nitrogens with zero attached hydrogens (tertiary/aromatic N) is 6. The van der Waals surface area contributed by atoms with Crippen LogP contribution in [0.2, 0.25) is 0 Å². The van der Waals surface area contributed by atoms with Crippen molar-refractivity contribution in [1.29, 1.82) is 0 Å². The van der Waals surface area contributed by atoms with Crippen LogP contribution in [0.5, 0.6) is 0 Å². The maximum atomic E-state index is 13.5. The number of halogens is 2. The van der Waals surface area contributed by atoms with Crippen molar-refractivity contribution in [1.82, 2.24) is 28.9 Å². The SMILES string of the molecule is O=C(c1ccc2cccn2c1)N1[C@H]2CC[C@H](c3cc(C(F)F)nc4ncnn34)[C@@H]1CC2. The van der Waals surface area contributed by atoms with Crippen LogP contribution in [-0.4, -0.2) is 46.9 Å². The summed E-state index contributed by atoms with van der Waals surface area (Å²) in [5, 5.41) is 4.22. The lowest BCUT2D eigenvalue weighted by Gasteiger charge is -2.40. The van der Waals surface area contributed by atoms with Gasteiger partial charge in [-0.2, -0.15) is 10.1 Å². The third kappa shape index (κ3) is 2.83. The molecule has 1 amide bonds. The van der Waals surface area contributed by atoms with Crippen molar-refractivity contribution in [3.05, 3.63) is 66.0 Å². The molecule has 0 unspecified atom stereocenters. The molecule has 6 rings (SSSR count). The van der Waals surface area contributed by atoms with Crippen molar-refractivity contribution >= 4 is 17.2 Å².